The highest BCUT2D eigenvalue weighted by Gasteiger charge is 2.13. The minimum Gasteiger partial charge on any atom is -0.350 e. The number of rotatable bonds is 3. The second-order valence-corrected chi connectivity index (χ2v) is 5.53. The van der Waals surface area contributed by atoms with Gasteiger partial charge >= 0.3 is 0 Å². The van der Waals surface area contributed by atoms with Crippen molar-refractivity contribution in [2.24, 2.45) is 4.99 Å². The molecule has 112 valence electrons. The van der Waals surface area contributed by atoms with Crippen LogP contribution < -0.4 is 5.32 Å². The number of hydrogen-bond donors (Lipinski definition) is 1. The number of nitrogens with zero attached hydrogens (tertiary/aromatic N) is 3. The van der Waals surface area contributed by atoms with Gasteiger partial charge in [-0.2, -0.15) is 0 Å². The molecule has 0 bridgehead atoms. The third-order valence-corrected chi connectivity index (χ3v) is 4.01. The van der Waals surface area contributed by atoms with Gasteiger partial charge in [-0.25, -0.2) is 9.37 Å². The van der Waals surface area contributed by atoms with Crippen molar-refractivity contribution in [2.75, 3.05) is 20.1 Å². The highest BCUT2D eigenvalue weighted by molar-refractivity contribution is 14.0. The van der Waals surface area contributed by atoms with Gasteiger partial charge in [0.05, 0.1) is 18.8 Å². The van der Waals surface area contributed by atoms with Crippen LogP contribution in [0.3, 0.4) is 0 Å². The number of thiazole rings is 1. The van der Waals surface area contributed by atoms with Gasteiger partial charge in [0, 0.05) is 24.5 Å². The van der Waals surface area contributed by atoms with Gasteiger partial charge in [-0.05, 0) is 12.1 Å². The monoisotopic (exact) mass is 418 g/mol. The molecule has 1 aliphatic heterocycles. The van der Waals surface area contributed by atoms with Crippen molar-refractivity contribution < 1.29 is 4.39 Å². The zero-order chi connectivity index (χ0) is 13.9. The molecule has 0 fully saturated rings. The number of hydrogen-bond acceptors (Lipinski definition) is 5. The summed E-state index contributed by atoms with van der Waals surface area (Å²) in [6.45, 7) is 2.39. The van der Waals surface area contributed by atoms with E-state index in [-0.39, 0.29) is 29.8 Å². The van der Waals surface area contributed by atoms with Gasteiger partial charge in [0.1, 0.15) is 10.8 Å². The van der Waals surface area contributed by atoms with Crippen LogP contribution >= 0.6 is 35.3 Å². The number of nitrogens with one attached hydrogen (secondary N) is 1. The average Bonchev–Trinajstić information content (AvgIpc) is 3.06. The summed E-state index contributed by atoms with van der Waals surface area (Å²) in [7, 11) is 2.01. The first-order chi connectivity index (χ1) is 9.74. The van der Waals surface area contributed by atoms with Crippen molar-refractivity contribution >= 4 is 41.3 Å². The Bertz CT molecular complexity index is 643. The SMILES string of the molecule is CN1CCN=C1NCc1nc(-c2ccccc2F)cs1.I. The van der Waals surface area contributed by atoms with Gasteiger partial charge in [-0.1, -0.05) is 12.1 Å². The highest BCUT2D eigenvalue weighted by Crippen LogP contribution is 2.24. The summed E-state index contributed by atoms with van der Waals surface area (Å²) < 4.78 is 13.7. The molecule has 3 rings (SSSR count). The molecule has 1 aliphatic rings. The average molecular weight is 418 g/mol. The topological polar surface area (TPSA) is 40.5 Å². The van der Waals surface area contributed by atoms with Crippen LogP contribution in [0.5, 0.6) is 0 Å². The van der Waals surface area contributed by atoms with Crippen molar-refractivity contribution in [2.45, 2.75) is 6.54 Å². The quantitative estimate of drug-likeness (QED) is 0.780. The van der Waals surface area contributed by atoms with Gasteiger partial charge in [0.2, 0.25) is 0 Å². The van der Waals surface area contributed by atoms with Crippen LogP contribution in [0, 0.1) is 5.82 Å². The number of aromatic nitrogens is 1. The van der Waals surface area contributed by atoms with E-state index in [4.69, 9.17) is 0 Å². The fourth-order valence-corrected chi connectivity index (χ4v) is 2.80. The fraction of sp³-hybridized carbons (Fsp3) is 0.286. The minimum atomic E-state index is -0.239. The first kappa shape index (κ1) is 16.2. The Balaban J connectivity index is 0.00000161. The number of benzene rings is 1. The maximum Gasteiger partial charge on any atom is 0.194 e. The Morgan fingerprint density at radius 1 is 1.38 bits per heavy atom. The molecule has 0 amide bonds. The van der Waals surface area contributed by atoms with Crippen LogP contribution in [-0.4, -0.2) is 36.0 Å². The second kappa shape index (κ2) is 7.17. The molecule has 0 aliphatic carbocycles. The molecule has 4 nitrogen and oxygen atoms in total. The van der Waals surface area contributed by atoms with E-state index in [0.29, 0.717) is 17.8 Å². The molecule has 2 heterocycles. The zero-order valence-electron chi connectivity index (χ0n) is 11.5. The highest BCUT2D eigenvalue weighted by atomic mass is 127. The Kier molecular flexibility index (Phi) is 5.51. The lowest BCUT2D eigenvalue weighted by molar-refractivity contribution is 0.534. The van der Waals surface area contributed by atoms with E-state index in [1.165, 1.54) is 17.4 Å². The molecule has 1 aromatic heterocycles. The molecule has 0 saturated heterocycles. The van der Waals surface area contributed by atoms with Gasteiger partial charge in [0.15, 0.2) is 5.96 Å². The Hall–Kier alpha value is -1.22. The molecule has 0 spiro atoms. The third-order valence-electron chi connectivity index (χ3n) is 3.16. The Morgan fingerprint density at radius 2 is 2.19 bits per heavy atom. The first-order valence-corrected chi connectivity index (χ1v) is 7.31. The Labute approximate surface area is 144 Å². The number of aliphatic imine (C=N–C) groups is 1. The molecular weight excluding hydrogens is 402 g/mol. The predicted molar refractivity (Wildman–Crippen MR) is 94.7 cm³/mol. The maximum absolute atomic E-state index is 13.7. The molecule has 1 N–H and O–H groups in total. The lowest BCUT2D eigenvalue weighted by Crippen LogP contribution is -2.35. The van der Waals surface area contributed by atoms with E-state index >= 15 is 0 Å². The van der Waals surface area contributed by atoms with Crippen molar-refractivity contribution in [1.82, 2.24) is 15.2 Å². The van der Waals surface area contributed by atoms with Crippen LogP contribution in [0.25, 0.3) is 11.3 Å². The standard InChI is InChI=1S/C14H15FN4S.HI/c1-19-7-6-16-14(19)17-8-13-18-12(9-20-13)10-4-2-3-5-11(10)15;/h2-5,9H,6-8H2,1H3,(H,16,17);1H. The minimum absolute atomic E-state index is 0. The van der Waals surface area contributed by atoms with Crippen LogP contribution in [0.1, 0.15) is 5.01 Å². The second-order valence-electron chi connectivity index (χ2n) is 4.59. The molecule has 21 heavy (non-hydrogen) atoms. The third kappa shape index (κ3) is 3.70. The molecule has 1 aromatic carbocycles. The van der Waals surface area contributed by atoms with Gasteiger partial charge in [0.25, 0.3) is 0 Å². The van der Waals surface area contributed by atoms with Crippen molar-refractivity contribution in [3.63, 3.8) is 0 Å². The van der Waals surface area contributed by atoms with Crippen molar-refractivity contribution in [1.29, 1.82) is 0 Å². The largest absolute Gasteiger partial charge is 0.350 e. The number of likely N-dealkylation sites (N-methyl/N-ethyl adjacent to an activating group) is 1. The molecule has 0 unspecified atom stereocenters. The molecule has 0 atom stereocenters. The van der Waals surface area contributed by atoms with Crippen molar-refractivity contribution in [3.05, 3.63) is 40.5 Å². The lowest BCUT2D eigenvalue weighted by Gasteiger charge is -2.14. The summed E-state index contributed by atoms with van der Waals surface area (Å²) in [6, 6.07) is 6.70. The smallest absolute Gasteiger partial charge is 0.194 e. The predicted octanol–water partition coefficient (Wildman–Crippen LogP) is 2.96. The lowest BCUT2D eigenvalue weighted by atomic mass is 10.2. The Morgan fingerprint density at radius 3 is 2.90 bits per heavy atom. The normalized spacial score (nSPS) is 13.8. The van der Waals surface area contributed by atoms with E-state index in [1.807, 2.05) is 18.5 Å². The van der Waals surface area contributed by atoms with E-state index in [9.17, 15) is 4.39 Å². The molecule has 2 aromatic rings. The van der Waals surface area contributed by atoms with Gasteiger partial charge < -0.3 is 10.2 Å². The van der Waals surface area contributed by atoms with Gasteiger partial charge in [-0.15, -0.1) is 35.3 Å². The molecule has 0 saturated carbocycles. The van der Waals surface area contributed by atoms with E-state index < -0.39 is 0 Å². The number of guanidine groups is 1. The van der Waals surface area contributed by atoms with Crippen LogP contribution in [0.15, 0.2) is 34.6 Å². The summed E-state index contributed by atoms with van der Waals surface area (Å²) in [4.78, 5) is 10.9. The number of halogens is 2. The zero-order valence-corrected chi connectivity index (χ0v) is 14.7. The summed E-state index contributed by atoms with van der Waals surface area (Å²) in [5.41, 5.74) is 1.23. The van der Waals surface area contributed by atoms with Crippen LogP contribution in [0.4, 0.5) is 4.39 Å². The first-order valence-electron chi connectivity index (χ1n) is 6.43. The van der Waals surface area contributed by atoms with E-state index in [0.717, 1.165) is 24.1 Å². The van der Waals surface area contributed by atoms with Crippen molar-refractivity contribution in [3.8, 4) is 11.3 Å². The van der Waals surface area contributed by atoms with E-state index in [2.05, 4.69) is 20.2 Å². The maximum atomic E-state index is 13.7. The molecule has 7 heteroatoms. The summed E-state index contributed by atoms with van der Waals surface area (Å²) in [6.07, 6.45) is 0. The summed E-state index contributed by atoms with van der Waals surface area (Å²) in [5.74, 6) is 0.657. The fourth-order valence-electron chi connectivity index (χ4n) is 2.06. The van der Waals surface area contributed by atoms with Crippen LogP contribution in [-0.2, 0) is 6.54 Å². The van der Waals surface area contributed by atoms with Gasteiger partial charge in [-0.3, -0.25) is 4.99 Å². The van der Waals surface area contributed by atoms with Crippen LogP contribution in [0.2, 0.25) is 0 Å². The summed E-state index contributed by atoms with van der Waals surface area (Å²) in [5, 5.41) is 6.06. The summed E-state index contributed by atoms with van der Waals surface area (Å²) >= 11 is 1.52. The van der Waals surface area contributed by atoms with E-state index in [1.54, 1.807) is 12.1 Å². The molecular formula is C14H16FIN4S. The molecule has 0 radical (unpaired) electrons.